The summed E-state index contributed by atoms with van der Waals surface area (Å²) in [6.07, 6.45) is 2.53. The molecule has 0 saturated heterocycles. The second-order valence-corrected chi connectivity index (χ2v) is 3.09. The Morgan fingerprint density at radius 1 is 1.60 bits per heavy atom. The standard InChI is InChI=1S/C10H17NO4/c1-3-5-9(12)11-8(10(13)14)6-4-7-15-2/h3,8H,1,4-7H2,2H3,(H,11,12)(H,13,14). The van der Waals surface area contributed by atoms with Crippen molar-refractivity contribution in [1.82, 2.24) is 5.32 Å². The molecule has 0 radical (unpaired) electrons. The number of ether oxygens (including phenoxy) is 1. The number of carbonyl (C=O) groups is 2. The van der Waals surface area contributed by atoms with Gasteiger partial charge in [-0.2, -0.15) is 0 Å². The van der Waals surface area contributed by atoms with E-state index in [1.54, 1.807) is 7.11 Å². The normalized spacial score (nSPS) is 11.8. The molecular formula is C10H17NO4. The van der Waals surface area contributed by atoms with Crippen LogP contribution >= 0.6 is 0 Å². The number of methoxy groups -OCH3 is 1. The monoisotopic (exact) mass is 215 g/mol. The Hall–Kier alpha value is -1.36. The van der Waals surface area contributed by atoms with E-state index < -0.39 is 12.0 Å². The zero-order chi connectivity index (χ0) is 11.7. The van der Waals surface area contributed by atoms with Crippen molar-refractivity contribution in [2.24, 2.45) is 0 Å². The van der Waals surface area contributed by atoms with Gasteiger partial charge in [0.1, 0.15) is 6.04 Å². The average Bonchev–Trinajstić information content (AvgIpc) is 2.16. The Bertz CT molecular complexity index is 227. The zero-order valence-corrected chi connectivity index (χ0v) is 8.86. The van der Waals surface area contributed by atoms with Gasteiger partial charge in [-0.25, -0.2) is 4.79 Å². The van der Waals surface area contributed by atoms with Crippen molar-refractivity contribution in [1.29, 1.82) is 0 Å². The number of nitrogens with one attached hydrogen (secondary N) is 1. The summed E-state index contributed by atoms with van der Waals surface area (Å²) in [4.78, 5) is 21.9. The molecule has 1 amide bonds. The van der Waals surface area contributed by atoms with Crippen LogP contribution in [0.1, 0.15) is 19.3 Å². The first-order chi connectivity index (χ1) is 7.11. The summed E-state index contributed by atoms with van der Waals surface area (Å²) in [6.45, 7) is 3.89. The van der Waals surface area contributed by atoms with Crippen LogP contribution in [-0.4, -0.2) is 36.7 Å². The fourth-order valence-corrected chi connectivity index (χ4v) is 1.07. The number of hydrogen-bond donors (Lipinski definition) is 2. The van der Waals surface area contributed by atoms with E-state index in [-0.39, 0.29) is 12.3 Å². The van der Waals surface area contributed by atoms with Crippen molar-refractivity contribution in [3.05, 3.63) is 12.7 Å². The molecule has 0 aromatic heterocycles. The third kappa shape index (κ3) is 6.68. The molecule has 0 aliphatic heterocycles. The van der Waals surface area contributed by atoms with Gasteiger partial charge in [0.15, 0.2) is 0 Å². The molecule has 5 nitrogen and oxygen atoms in total. The highest BCUT2D eigenvalue weighted by Gasteiger charge is 2.18. The van der Waals surface area contributed by atoms with Crippen molar-refractivity contribution in [2.45, 2.75) is 25.3 Å². The molecular weight excluding hydrogens is 198 g/mol. The predicted molar refractivity (Wildman–Crippen MR) is 55.5 cm³/mol. The summed E-state index contributed by atoms with van der Waals surface area (Å²) in [5, 5.41) is 11.2. The van der Waals surface area contributed by atoms with Gasteiger partial charge in [-0.05, 0) is 12.8 Å². The molecule has 1 unspecified atom stereocenters. The van der Waals surface area contributed by atoms with Gasteiger partial charge in [0.05, 0.1) is 0 Å². The summed E-state index contributed by atoms with van der Waals surface area (Å²) in [5.74, 6) is -1.35. The number of rotatable bonds is 8. The lowest BCUT2D eigenvalue weighted by Gasteiger charge is -2.13. The van der Waals surface area contributed by atoms with Gasteiger partial charge in [-0.1, -0.05) is 6.08 Å². The number of aliphatic carboxylic acids is 1. The maximum Gasteiger partial charge on any atom is 0.326 e. The largest absolute Gasteiger partial charge is 0.480 e. The molecule has 86 valence electrons. The van der Waals surface area contributed by atoms with Crippen molar-refractivity contribution in [2.75, 3.05) is 13.7 Å². The summed E-state index contributed by atoms with van der Waals surface area (Å²) >= 11 is 0. The quantitative estimate of drug-likeness (QED) is 0.458. The number of carbonyl (C=O) groups excluding carboxylic acids is 1. The molecule has 0 rings (SSSR count). The minimum absolute atomic E-state index is 0.133. The molecule has 0 fully saturated rings. The van der Waals surface area contributed by atoms with Crippen LogP contribution in [-0.2, 0) is 14.3 Å². The second-order valence-electron chi connectivity index (χ2n) is 3.09. The topological polar surface area (TPSA) is 75.6 Å². The predicted octanol–water partition coefficient (Wildman–Crippen LogP) is 0.558. The third-order valence-electron chi connectivity index (χ3n) is 1.80. The van der Waals surface area contributed by atoms with Crippen molar-refractivity contribution >= 4 is 11.9 Å². The fraction of sp³-hybridized carbons (Fsp3) is 0.600. The van der Waals surface area contributed by atoms with E-state index in [4.69, 9.17) is 9.84 Å². The maximum absolute atomic E-state index is 11.1. The number of carboxylic acids is 1. The van der Waals surface area contributed by atoms with Crippen LogP contribution in [0.5, 0.6) is 0 Å². The summed E-state index contributed by atoms with van der Waals surface area (Å²) < 4.78 is 4.80. The van der Waals surface area contributed by atoms with Crippen molar-refractivity contribution in [3.63, 3.8) is 0 Å². The maximum atomic E-state index is 11.1. The molecule has 2 N–H and O–H groups in total. The Labute approximate surface area is 89.1 Å². The van der Waals surface area contributed by atoms with Crippen molar-refractivity contribution in [3.8, 4) is 0 Å². The summed E-state index contributed by atoms with van der Waals surface area (Å²) in [7, 11) is 1.55. The Kier molecular flexibility index (Phi) is 7.27. The molecule has 0 saturated carbocycles. The molecule has 0 bridgehead atoms. The SMILES string of the molecule is C=CCC(=O)NC(CCCOC)C(=O)O. The molecule has 5 heteroatoms. The van der Waals surface area contributed by atoms with Crippen molar-refractivity contribution < 1.29 is 19.4 Å². The lowest BCUT2D eigenvalue weighted by molar-refractivity contribution is -0.142. The van der Waals surface area contributed by atoms with Gasteiger partial charge >= 0.3 is 5.97 Å². The molecule has 0 heterocycles. The van der Waals surface area contributed by atoms with E-state index >= 15 is 0 Å². The molecule has 0 spiro atoms. The van der Waals surface area contributed by atoms with Crippen LogP contribution in [0.3, 0.4) is 0 Å². The highest BCUT2D eigenvalue weighted by Crippen LogP contribution is 1.99. The molecule has 1 atom stereocenters. The van der Waals surface area contributed by atoms with Crippen LogP contribution in [0.4, 0.5) is 0 Å². The third-order valence-corrected chi connectivity index (χ3v) is 1.80. The van der Waals surface area contributed by atoms with Crippen LogP contribution in [0.2, 0.25) is 0 Å². The first-order valence-electron chi connectivity index (χ1n) is 4.73. The molecule has 0 aliphatic carbocycles. The molecule has 15 heavy (non-hydrogen) atoms. The summed E-state index contributed by atoms with van der Waals surface area (Å²) in [5.41, 5.74) is 0. The number of carboxylic acid groups (broad SMARTS) is 1. The first-order valence-corrected chi connectivity index (χ1v) is 4.73. The second kappa shape index (κ2) is 7.99. The van der Waals surface area contributed by atoms with E-state index in [9.17, 15) is 9.59 Å². The fourth-order valence-electron chi connectivity index (χ4n) is 1.07. The van der Waals surface area contributed by atoms with Crippen LogP contribution in [0.15, 0.2) is 12.7 Å². The highest BCUT2D eigenvalue weighted by molar-refractivity contribution is 5.84. The highest BCUT2D eigenvalue weighted by atomic mass is 16.5. The summed E-state index contributed by atoms with van der Waals surface area (Å²) in [6, 6.07) is -0.840. The van der Waals surface area contributed by atoms with Gasteiger partial charge in [0.25, 0.3) is 0 Å². The van der Waals surface area contributed by atoms with Gasteiger partial charge in [0, 0.05) is 20.1 Å². The number of hydrogen-bond acceptors (Lipinski definition) is 3. The Morgan fingerprint density at radius 3 is 2.73 bits per heavy atom. The van der Waals surface area contributed by atoms with Crippen LogP contribution in [0, 0.1) is 0 Å². The zero-order valence-electron chi connectivity index (χ0n) is 8.86. The number of amides is 1. The Balaban J connectivity index is 3.98. The van der Waals surface area contributed by atoms with E-state index in [1.807, 2.05) is 0 Å². The lowest BCUT2D eigenvalue weighted by Crippen LogP contribution is -2.40. The smallest absolute Gasteiger partial charge is 0.326 e. The minimum Gasteiger partial charge on any atom is -0.480 e. The van der Waals surface area contributed by atoms with E-state index in [1.165, 1.54) is 6.08 Å². The minimum atomic E-state index is -1.02. The van der Waals surface area contributed by atoms with Crippen LogP contribution in [0.25, 0.3) is 0 Å². The van der Waals surface area contributed by atoms with Crippen LogP contribution < -0.4 is 5.32 Å². The molecule has 0 aromatic carbocycles. The Morgan fingerprint density at radius 2 is 2.27 bits per heavy atom. The van der Waals surface area contributed by atoms with E-state index in [0.717, 1.165) is 0 Å². The average molecular weight is 215 g/mol. The lowest BCUT2D eigenvalue weighted by atomic mass is 10.1. The molecule has 0 aromatic rings. The van der Waals surface area contributed by atoms with E-state index in [2.05, 4.69) is 11.9 Å². The van der Waals surface area contributed by atoms with E-state index in [0.29, 0.717) is 19.4 Å². The van der Waals surface area contributed by atoms with Gasteiger partial charge in [-0.3, -0.25) is 4.79 Å². The van der Waals surface area contributed by atoms with Gasteiger partial charge in [0.2, 0.25) is 5.91 Å². The first kappa shape index (κ1) is 13.6. The van der Waals surface area contributed by atoms with Gasteiger partial charge < -0.3 is 15.2 Å². The van der Waals surface area contributed by atoms with Gasteiger partial charge in [-0.15, -0.1) is 6.58 Å². The molecule has 0 aliphatic rings.